The summed E-state index contributed by atoms with van der Waals surface area (Å²) in [5.41, 5.74) is 3.09. The monoisotopic (exact) mass is 402 g/mol. The van der Waals surface area contributed by atoms with Crippen molar-refractivity contribution in [2.75, 3.05) is 11.9 Å². The molecule has 0 spiro atoms. The first-order valence-electron chi connectivity index (χ1n) is 9.22. The molecule has 148 valence electrons. The third-order valence-corrected chi connectivity index (χ3v) is 4.83. The Morgan fingerprint density at radius 2 is 1.57 bits per heavy atom. The number of halogens is 2. The highest BCUT2D eigenvalue weighted by molar-refractivity contribution is 6.07. The van der Waals surface area contributed by atoms with Crippen molar-refractivity contribution in [1.82, 2.24) is 5.01 Å². The standard InChI is InChI=1S/C23H16F2N4O/c24-18-7-3-16(4-8-18)21-14-29(28-22(21)17-5-9-19(25)10-6-17)23(30)27-20-11-1-15(13-26)2-12-20/h1-12,21H,14H2,(H,27,30). The number of anilines is 1. The number of carbonyl (C=O) groups is 1. The minimum atomic E-state index is -0.441. The number of nitrogens with zero attached hydrogens (tertiary/aromatic N) is 3. The molecule has 2 amide bonds. The fourth-order valence-electron chi connectivity index (χ4n) is 3.28. The van der Waals surface area contributed by atoms with Gasteiger partial charge in [0.15, 0.2) is 0 Å². The van der Waals surface area contributed by atoms with E-state index in [1.54, 1.807) is 48.5 Å². The number of carbonyl (C=O) groups excluding carboxylic acids is 1. The number of benzene rings is 3. The second kappa shape index (κ2) is 8.13. The zero-order valence-electron chi connectivity index (χ0n) is 15.7. The van der Waals surface area contributed by atoms with E-state index >= 15 is 0 Å². The van der Waals surface area contributed by atoms with E-state index in [2.05, 4.69) is 10.4 Å². The van der Waals surface area contributed by atoms with E-state index in [4.69, 9.17) is 5.26 Å². The summed E-state index contributed by atoms with van der Waals surface area (Å²) >= 11 is 0. The predicted molar refractivity (Wildman–Crippen MR) is 109 cm³/mol. The summed E-state index contributed by atoms with van der Waals surface area (Å²) in [6, 6.07) is 20.0. The van der Waals surface area contributed by atoms with E-state index in [0.29, 0.717) is 22.5 Å². The molecule has 0 saturated heterocycles. The largest absolute Gasteiger partial charge is 0.342 e. The van der Waals surface area contributed by atoms with E-state index in [1.165, 1.54) is 29.3 Å². The Morgan fingerprint density at radius 1 is 0.967 bits per heavy atom. The quantitative estimate of drug-likeness (QED) is 0.679. The lowest BCUT2D eigenvalue weighted by Gasteiger charge is -2.16. The van der Waals surface area contributed by atoms with Crippen LogP contribution in [0.4, 0.5) is 19.3 Å². The highest BCUT2D eigenvalue weighted by atomic mass is 19.1. The zero-order valence-corrected chi connectivity index (χ0v) is 15.7. The van der Waals surface area contributed by atoms with Gasteiger partial charge in [0, 0.05) is 11.6 Å². The molecule has 1 aliphatic heterocycles. The second-order valence-electron chi connectivity index (χ2n) is 6.80. The van der Waals surface area contributed by atoms with Crippen LogP contribution in [0.5, 0.6) is 0 Å². The van der Waals surface area contributed by atoms with Crippen LogP contribution in [-0.4, -0.2) is 23.3 Å². The van der Waals surface area contributed by atoms with Crippen LogP contribution in [0, 0.1) is 23.0 Å². The highest BCUT2D eigenvalue weighted by Gasteiger charge is 2.32. The van der Waals surface area contributed by atoms with Crippen molar-refractivity contribution in [3.63, 3.8) is 0 Å². The molecule has 5 nitrogen and oxygen atoms in total. The van der Waals surface area contributed by atoms with Crippen LogP contribution in [0.2, 0.25) is 0 Å². The average molecular weight is 402 g/mol. The molecule has 1 unspecified atom stereocenters. The third kappa shape index (κ3) is 4.03. The van der Waals surface area contributed by atoms with Crippen LogP contribution >= 0.6 is 0 Å². The number of hydrogen-bond donors (Lipinski definition) is 1. The number of amides is 2. The van der Waals surface area contributed by atoms with Crippen molar-refractivity contribution in [3.8, 4) is 6.07 Å². The van der Waals surface area contributed by atoms with Gasteiger partial charge in [-0.3, -0.25) is 0 Å². The van der Waals surface area contributed by atoms with Crippen LogP contribution < -0.4 is 5.32 Å². The third-order valence-electron chi connectivity index (χ3n) is 4.83. The van der Waals surface area contributed by atoms with Gasteiger partial charge in [0.2, 0.25) is 0 Å². The van der Waals surface area contributed by atoms with Crippen LogP contribution in [0.15, 0.2) is 77.9 Å². The molecule has 1 atom stereocenters. The SMILES string of the molecule is N#Cc1ccc(NC(=O)N2CC(c3ccc(F)cc3)C(c3ccc(F)cc3)=N2)cc1. The maximum absolute atomic E-state index is 13.4. The number of hydrazone groups is 1. The number of nitriles is 1. The second-order valence-corrected chi connectivity index (χ2v) is 6.80. The van der Waals surface area contributed by atoms with Gasteiger partial charge in [0.05, 0.1) is 23.9 Å². The fraction of sp³-hybridized carbons (Fsp3) is 0.0870. The van der Waals surface area contributed by atoms with Gasteiger partial charge in [-0.05, 0) is 59.7 Å². The Balaban J connectivity index is 1.61. The van der Waals surface area contributed by atoms with Crippen molar-refractivity contribution < 1.29 is 13.6 Å². The molecule has 30 heavy (non-hydrogen) atoms. The van der Waals surface area contributed by atoms with Gasteiger partial charge in [-0.15, -0.1) is 0 Å². The van der Waals surface area contributed by atoms with E-state index < -0.39 is 6.03 Å². The Labute approximate surface area is 171 Å². The summed E-state index contributed by atoms with van der Waals surface area (Å²) in [5, 5.41) is 17.4. The Kier molecular flexibility index (Phi) is 5.22. The van der Waals surface area contributed by atoms with Crippen molar-refractivity contribution in [3.05, 3.63) is 101 Å². The number of nitrogens with one attached hydrogen (secondary N) is 1. The zero-order chi connectivity index (χ0) is 21.1. The van der Waals surface area contributed by atoms with Crippen LogP contribution in [-0.2, 0) is 0 Å². The molecular formula is C23H16F2N4O. The van der Waals surface area contributed by atoms with Crippen LogP contribution in [0.3, 0.4) is 0 Å². The molecule has 0 aliphatic carbocycles. The Morgan fingerprint density at radius 3 is 2.17 bits per heavy atom. The smallest absolute Gasteiger partial charge is 0.306 e. The van der Waals surface area contributed by atoms with Gasteiger partial charge in [0.1, 0.15) is 11.6 Å². The summed E-state index contributed by atoms with van der Waals surface area (Å²) < 4.78 is 26.7. The molecule has 0 aromatic heterocycles. The molecule has 3 aromatic rings. The maximum Gasteiger partial charge on any atom is 0.342 e. The Hall–Kier alpha value is -4.05. The molecule has 7 heteroatoms. The predicted octanol–water partition coefficient (Wildman–Crippen LogP) is 4.87. The minimum Gasteiger partial charge on any atom is -0.306 e. The Bertz CT molecular complexity index is 1130. The molecule has 3 aromatic carbocycles. The number of urea groups is 1. The van der Waals surface area contributed by atoms with Crippen molar-refractivity contribution in [2.24, 2.45) is 5.10 Å². The summed E-state index contributed by atoms with van der Waals surface area (Å²) in [6.07, 6.45) is 0. The fourth-order valence-corrected chi connectivity index (χ4v) is 3.28. The number of rotatable bonds is 3. The molecule has 1 heterocycles. The normalized spacial score (nSPS) is 15.4. The lowest BCUT2D eigenvalue weighted by Crippen LogP contribution is -2.30. The summed E-state index contributed by atoms with van der Waals surface area (Å²) in [6.45, 7) is 0.250. The average Bonchev–Trinajstić information content (AvgIpc) is 3.21. The highest BCUT2D eigenvalue weighted by Crippen LogP contribution is 2.29. The first-order valence-corrected chi connectivity index (χ1v) is 9.22. The van der Waals surface area contributed by atoms with Gasteiger partial charge in [-0.2, -0.15) is 10.4 Å². The van der Waals surface area contributed by atoms with Gasteiger partial charge in [-0.1, -0.05) is 24.3 Å². The topological polar surface area (TPSA) is 68.5 Å². The molecule has 1 aliphatic rings. The molecule has 4 rings (SSSR count). The lowest BCUT2D eigenvalue weighted by atomic mass is 9.90. The van der Waals surface area contributed by atoms with Crippen molar-refractivity contribution in [1.29, 1.82) is 5.26 Å². The first kappa shape index (κ1) is 19.3. The summed E-state index contributed by atoms with van der Waals surface area (Å²) in [7, 11) is 0. The lowest BCUT2D eigenvalue weighted by molar-refractivity contribution is 0.218. The first-order chi connectivity index (χ1) is 14.5. The molecule has 0 fully saturated rings. The van der Waals surface area contributed by atoms with Gasteiger partial charge in [0.25, 0.3) is 0 Å². The molecular weight excluding hydrogens is 386 g/mol. The van der Waals surface area contributed by atoms with E-state index in [1.807, 2.05) is 6.07 Å². The van der Waals surface area contributed by atoms with E-state index in [9.17, 15) is 13.6 Å². The molecule has 0 saturated carbocycles. The van der Waals surface area contributed by atoms with Crippen molar-refractivity contribution >= 4 is 17.4 Å². The molecule has 0 bridgehead atoms. The van der Waals surface area contributed by atoms with Crippen LogP contribution in [0.25, 0.3) is 0 Å². The van der Waals surface area contributed by atoms with Gasteiger partial charge in [-0.25, -0.2) is 18.6 Å². The molecule has 0 radical (unpaired) electrons. The van der Waals surface area contributed by atoms with Gasteiger partial charge < -0.3 is 5.32 Å². The maximum atomic E-state index is 13.4. The summed E-state index contributed by atoms with van der Waals surface area (Å²) in [4.78, 5) is 12.8. The summed E-state index contributed by atoms with van der Waals surface area (Å²) in [5.74, 6) is -1.01. The van der Waals surface area contributed by atoms with Crippen LogP contribution in [0.1, 0.15) is 22.6 Å². The van der Waals surface area contributed by atoms with E-state index in [-0.39, 0.29) is 24.1 Å². The molecule has 1 N–H and O–H groups in total. The van der Waals surface area contributed by atoms with Crippen molar-refractivity contribution in [2.45, 2.75) is 5.92 Å². The number of hydrogen-bond acceptors (Lipinski definition) is 3. The van der Waals surface area contributed by atoms with E-state index in [0.717, 1.165) is 5.56 Å². The minimum absolute atomic E-state index is 0.250. The van der Waals surface area contributed by atoms with Gasteiger partial charge >= 0.3 is 6.03 Å².